The van der Waals surface area contributed by atoms with Crippen LogP contribution >= 0.6 is 0 Å². The first kappa shape index (κ1) is 14.0. The molecule has 0 saturated heterocycles. The van der Waals surface area contributed by atoms with Gasteiger partial charge in [-0.2, -0.15) is 5.10 Å². The fourth-order valence-corrected chi connectivity index (χ4v) is 1.61. The third-order valence-electron chi connectivity index (χ3n) is 2.65. The van der Waals surface area contributed by atoms with Crippen molar-refractivity contribution in [3.63, 3.8) is 0 Å². The quantitative estimate of drug-likeness (QED) is 0.606. The average Bonchev–Trinajstić information content (AvgIpc) is 2.56. The fraction of sp³-hybridized carbons (Fsp3) is 0.643. The third kappa shape index (κ3) is 5.18. The van der Waals surface area contributed by atoms with E-state index in [0.717, 1.165) is 31.6 Å². The van der Waals surface area contributed by atoms with Crippen LogP contribution in [-0.4, -0.2) is 15.3 Å². The molecular weight excluding hydrogens is 210 g/mol. The number of hydrogen-bond acceptors (Lipinski definition) is 2. The van der Waals surface area contributed by atoms with Crippen LogP contribution in [0.15, 0.2) is 18.9 Å². The second kappa shape index (κ2) is 6.01. The highest BCUT2D eigenvalue weighted by atomic mass is 15.3. The number of nitrogens with zero attached hydrogens (tertiary/aromatic N) is 2. The Balaban J connectivity index is 2.53. The van der Waals surface area contributed by atoms with Crippen molar-refractivity contribution >= 4 is 0 Å². The van der Waals surface area contributed by atoms with E-state index >= 15 is 0 Å². The highest BCUT2D eigenvalue weighted by Gasteiger charge is 2.11. The number of allylic oxidation sites excluding steroid dienone is 1. The fourth-order valence-electron chi connectivity index (χ4n) is 1.61. The van der Waals surface area contributed by atoms with Crippen LogP contribution in [0.3, 0.4) is 0 Å². The van der Waals surface area contributed by atoms with Crippen LogP contribution in [0.1, 0.15) is 44.9 Å². The number of unbranched alkanes of at least 4 members (excludes halogenated alkanes) is 1. The van der Waals surface area contributed by atoms with Crippen LogP contribution in [0.25, 0.3) is 0 Å². The highest BCUT2D eigenvalue weighted by Crippen LogP contribution is 2.09. The lowest BCUT2D eigenvalue weighted by Gasteiger charge is -2.20. The van der Waals surface area contributed by atoms with Crippen molar-refractivity contribution in [2.45, 2.75) is 59.2 Å². The van der Waals surface area contributed by atoms with Crippen molar-refractivity contribution in [3.05, 3.63) is 30.1 Å². The lowest BCUT2D eigenvalue weighted by Crippen LogP contribution is -2.35. The van der Waals surface area contributed by atoms with Crippen molar-refractivity contribution < 1.29 is 0 Å². The van der Waals surface area contributed by atoms with E-state index in [1.807, 2.05) is 10.8 Å². The molecule has 0 fully saturated rings. The van der Waals surface area contributed by atoms with Gasteiger partial charge in [-0.05, 0) is 40.5 Å². The SMILES string of the molecule is C=CCCCn1cc(CNC(C)(C)C)c(C)n1. The van der Waals surface area contributed by atoms with E-state index in [0.29, 0.717) is 0 Å². The predicted octanol–water partition coefficient (Wildman–Crippen LogP) is 3.05. The minimum Gasteiger partial charge on any atom is -0.308 e. The molecule has 0 amide bonds. The molecule has 0 radical (unpaired) electrons. The molecule has 1 heterocycles. The Morgan fingerprint density at radius 3 is 2.76 bits per heavy atom. The van der Waals surface area contributed by atoms with Crippen molar-refractivity contribution in [2.24, 2.45) is 0 Å². The van der Waals surface area contributed by atoms with Crippen molar-refractivity contribution in [3.8, 4) is 0 Å². The van der Waals surface area contributed by atoms with Gasteiger partial charge >= 0.3 is 0 Å². The smallest absolute Gasteiger partial charge is 0.0638 e. The zero-order valence-electron chi connectivity index (χ0n) is 11.6. The van der Waals surface area contributed by atoms with E-state index in [2.05, 4.69) is 50.9 Å². The van der Waals surface area contributed by atoms with Crippen LogP contribution in [-0.2, 0) is 13.1 Å². The zero-order chi connectivity index (χ0) is 12.9. The summed E-state index contributed by atoms with van der Waals surface area (Å²) < 4.78 is 2.04. The first-order valence-electron chi connectivity index (χ1n) is 6.31. The van der Waals surface area contributed by atoms with E-state index in [1.165, 1.54) is 5.56 Å². The Morgan fingerprint density at radius 2 is 2.18 bits per heavy atom. The summed E-state index contributed by atoms with van der Waals surface area (Å²) in [7, 11) is 0. The van der Waals surface area contributed by atoms with Crippen LogP contribution < -0.4 is 5.32 Å². The van der Waals surface area contributed by atoms with Gasteiger partial charge in [0.25, 0.3) is 0 Å². The van der Waals surface area contributed by atoms with Crippen molar-refractivity contribution in [1.82, 2.24) is 15.1 Å². The monoisotopic (exact) mass is 235 g/mol. The second-order valence-electron chi connectivity index (χ2n) is 5.54. The Morgan fingerprint density at radius 1 is 1.47 bits per heavy atom. The van der Waals surface area contributed by atoms with E-state index in [1.54, 1.807) is 0 Å². The lowest BCUT2D eigenvalue weighted by molar-refractivity contribution is 0.423. The Kier molecular flexibility index (Phi) is 4.94. The molecule has 3 heteroatoms. The van der Waals surface area contributed by atoms with E-state index in [-0.39, 0.29) is 5.54 Å². The third-order valence-corrected chi connectivity index (χ3v) is 2.65. The number of aryl methyl sites for hydroxylation is 2. The molecule has 0 bridgehead atoms. The minimum atomic E-state index is 0.150. The maximum atomic E-state index is 4.53. The molecule has 1 aromatic rings. The van der Waals surface area contributed by atoms with Gasteiger partial charge in [-0.15, -0.1) is 6.58 Å². The summed E-state index contributed by atoms with van der Waals surface area (Å²) in [6.45, 7) is 14.2. The molecule has 0 saturated carbocycles. The first-order chi connectivity index (χ1) is 7.92. The summed E-state index contributed by atoms with van der Waals surface area (Å²) in [5.41, 5.74) is 2.57. The number of aromatic nitrogens is 2. The molecule has 17 heavy (non-hydrogen) atoms. The molecule has 0 aliphatic carbocycles. The van der Waals surface area contributed by atoms with Gasteiger partial charge in [0, 0.05) is 30.4 Å². The summed E-state index contributed by atoms with van der Waals surface area (Å²) in [5, 5.41) is 8.02. The lowest BCUT2D eigenvalue weighted by atomic mass is 10.1. The molecular formula is C14H25N3. The topological polar surface area (TPSA) is 29.9 Å². The van der Waals surface area contributed by atoms with Crippen LogP contribution in [0.5, 0.6) is 0 Å². The molecule has 1 N–H and O–H groups in total. The van der Waals surface area contributed by atoms with Crippen molar-refractivity contribution in [2.75, 3.05) is 0 Å². The standard InChI is InChI=1S/C14H25N3/c1-6-7-8-9-17-11-13(12(2)16-17)10-15-14(3,4)5/h6,11,15H,1,7-10H2,2-5H3. The molecule has 1 rings (SSSR count). The Hall–Kier alpha value is -1.09. The summed E-state index contributed by atoms with van der Waals surface area (Å²) in [6, 6.07) is 0. The van der Waals surface area contributed by atoms with Crippen LogP contribution in [0.4, 0.5) is 0 Å². The van der Waals surface area contributed by atoms with Gasteiger partial charge in [0.05, 0.1) is 5.69 Å². The van der Waals surface area contributed by atoms with Gasteiger partial charge in [-0.25, -0.2) is 0 Å². The maximum absolute atomic E-state index is 4.53. The minimum absolute atomic E-state index is 0.150. The normalized spacial score (nSPS) is 11.8. The van der Waals surface area contributed by atoms with E-state index in [9.17, 15) is 0 Å². The zero-order valence-corrected chi connectivity index (χ0v) is 11.6. The van der Waals surface area contributed by atoms with Gasteiger partial charge in [0.1, 0.15) is 0 Å². The molecule has 0 aliphatic heterocycles. The predicted molar refractivity (Wildman–Crippen MR) is 73.0 cm³/mol. The molecule has 0 aliphatic rings. The first-order valence-corrected chi connectivity index (χ1v) is 6.31. The van der Waals surface area contributed by atoms with Crippen LogP contribution in [0, 0.1) is 6.92 Å². The van der Waals surface area contributed by atoms with Gasteiger partial charge in [-0.3, -0.25) is 4.68 Å². The largest absolute Gasteiger partial charge is 0.308 e. The van der Waals surface area contributed by atoms with Gasteiger partial charge in [0.2, 0.25) is 0 Å². The molecule has 0 atom stereocenters. The summed E-state index contributed by atoms with van der Waals surface area (Å²) in [5.74, 6) is 0. The van der Waals surface area contributed by atoms with Gasteiger partial charge in [-0.1, -0.05) is 6.08 Å². The molecule has 0 spiro atoms. The van der Waals surface area contributed by atoms with Gasteiger partial charge in [0.15, 0.2) is 0 Å². The molecule has 1 aromatic heterocycles. The summed E-state index contributed by atoms with van der Waals surface area (Å²) in [4.78, 5) is 0. The Labute approximate surface area is 105 Å². The number of hydrogen-bond donors (Lipinski definition) is 1. The summed E-state index contributed by atoms with van der Waals surface area (Å²) >= 11 is 0. The number of rotatable bonds is 6. The Bertz CT molecular complexity index is 358. The molecule has 96 valence electrons. The average molecular weight is 235 g/mol. The molecule has 3 nitrogen and oxygen atoms in total. The second-order valence-corrected chi connectivity index (χ2v) is 5.54. The van der Waals surface area contributed by atoms with E-state index < -0.39 is 0 Å². The summed E-state index contributed by atoms with van der Waals surface area (Å²) in [6.07, 6.45) is 6.26. The van der Waals surface area contributed by atoms with Gasteiger partial charge < -0.3 is 5.32 Å². The number of nitrogens with one attached hydrogen (secondary N) is 1. The van der Waals surface area contributed by atoms with Crippen molar-refractivity contribution in [1.29, 1.82) is 0 Å². The highest BCUT2D eigenvalue weighted by molar-refractivity contribution is 5.15. The van der Waals surface area contributed by atoms with Crippen LogP contribution in [0.2, 0.25) is 0 Å². The molecule has 0 aromatic carbocycles. The van der Waals surface area contributed by atoms with E-state index in [4.69, 9.17) is 0 Å². The molecule has 0 unspecified atom stereocenters. The maximum Gasteiger partial charge on any atom is 0.0638 e.